The summed E-state index contributed by atoms with van der Waals surface area (Å²) in [5.74, 6) is 0.993. The van der Waals surface area contributed by atoms with Crippen LogP contribution in [-0.4, -0.2) is 50.0 Å². The summed E-state index contributed by atoms with van der Waals surface area (Å²) >= 11 is 0. The SMILES string of the molecule is CCCCCCCC(CCCCCC)CCCCCCCN(CCO)CCCCCCOC. The van der Waals surface area contributed by atoms with Crippen LogP contribution in [0.1, 0.15) is 149 Å². The zero-order valence-corrected chi connectivity index (χ0v) is 23.3. The van der Waals surface area contributed by atoms with Crippen molar-refractivity contribution < 1.29 is 9.84 Å². The van der Waals surface area contributed by atoms with E-state index in [0.717, 1.165) is 32.2 Å². The molecular formula is C30H63NO2. The van der Waals surface area contributed by atoms with E-state index in [1.54, 1.807) is 7.11 Å². The molecule has 0 amide bonds. The number of aliphatic hydroxyl groups is 1. The Labute approximate surface area is 209 Å². The van der Waals surface area contributed by atoms with Gasteiger partial charge in [-0.1, -0.05) is 129 Å². The second-order valence-electron chi connectivity index (χ2n) is 10.4. The van der Waals surface area contributed by atoms with E-state index in [0.29, 0.717) is 6.61 Å². The minimum atomic E-state index is 0.293. The van der Waals surface area contributed by atoms with E-state index < -0.39 is 0 Å². The normalized spacial score (nSPS) is 12.6. The highest BCUT2D eigenvalue weighted by Crippen LogP contribution is 2.24. The van der Waals surface area contributed by atoms with Gasteiger partial charge in [-0.15, -0.1) is 0 Å². The Morgan fingerprint density at radius 1 is 0.545 bits per heavy atom. The second kappa shape index (κ2) is 28.1. The van der Waals surface area contributed by atoms with Crippen LogP contribution in [0.4, 0.5) is 0 Å². The van der Waals surface area contributed by atoms with Crippen molar-refractivity contribution in [3.8, 4) is 0 Å². The van der Waals surface area contributed by atoms with Crippen LogP contribution in [0.25, 0.3) is 0 Å². The van der Waals surface area contributed by atoms with Crippen molar-refractivity contribution in [1.82, 2.24) is 4.90 Å². The minimum absolute atomic E-state index is 0.293. The first-order valence-corrected chi connectivity index (χ1v) is 15.1. The van der Waals surface area contributed by atoms with E-state index in [4.69, 9.17) is 4.74 Å². The molecule has 0 saturated heterocycles. The van der Waals surface area contributed by atoms with Crippen molar-refractivity contribution in [2.24, 2.45) is 5.92 Å². The molecule has 0 bridgehead atoms. The standard InChI is InChI=1S/C30H63NO2/c1-4-6-8-11-17-23-30(22-16-9-7-5-2)24-18-12-10-13-19-25-31(27-28-32)26-20-14-15-21-29-33-3/h30,32H,4-29H2,1-3H3. The predicted octanol–water partition coefficient (Wildman–Crippen LogP) is 8.78. The fourth-order valence-corrected chi connectivity index (χ4v) is 5.04. The average molecular weight is 470 g/mol. The molecule has 0 rings (SSSR count). The van der Waals surface area contributed by atoms with Crippen LogP contribution in [0.5, 0.6) is 0 Å². The van der Waals surface area contributed by atoms with Gasteiger partial charge in [0.05, 0.1) is 6.61 Å². The van der Waals surface area contributed by atoms with Crippen molar-refractivity contribution in [3.63, 3.8) is 0 Å². The lowest BCUT2D eigenvalue weighted by Crippen LogP contribution is -2.29. The molecule has 0 aliphatic carbocycles. The molecule has 1 atom stereocenters. The van der Waals surface area contributed by atoms with Gasteiger partial charge in [0.1, 0.15) is 0 Å². The third kappa shape index (κ3) is 24.8. The first kappa shape index (κ1) is 32.9. The van der Waals surface area contributed by atoms with Crippen LogP contribution >= 0.6 is 0 Å². The van der Waals surface area contributed by atoms with Gasteiger partial charge in [-0.25, -0.2) is 0 Å². The highest BCUT2D eigenvalue weighted by atomic mass is 16.5. The molecule has 200 valence electrons. The van der Waals surface area contributed by atoms with E-state index in [1.807, 2.05) is 0 Å². The number of nitrogens with zero attached hydrogens (tertiary/aromatic N) is 1. The molecule has 1 unspecified atom stereocenters. The summed E-state index contributed by atoms with van der Waals surface area (Å²) < 4.78 is 5.13. The first-order chi connectivity index (χ1) is 16.3. The zero-order chi connectivity index (χ0) is 24.2. The summed E-state index contributed by atoms with van der Waals surface area (Å²) in [5, 5.41) is 9.37. The molecule has 0 aromatic heterocycles. The van der Waals surface area contributed by atoms with Gasteiger partial charge in [0.2, 0.25) is 0 Å². The minimum Gasteiger partial charge on any atom is -0.395 e. The highest BCUT2D eigenvalue weighted by molar-refractivity contribution is 4.63. The molecule has 0 radical (unpaired) electrons. The molecule has 0 aliphatic heterocycles. The van der Waals surface area contributed by atoms with Gasteiger partial charge in [-0.3, -0.25) is 0 Å². The molecule has 0 saturated carbocycles. The second-order valence-corrected chi connectivity index (χ2v) is 10.4. The fraction of sp³-hybridized carbons (Fsp3) is 1.00. The maximum absolute atomic E-state index is 9.37. The third-order valence-corrected chi connectivity index (χ3v) is 7.26. The zero-order valence-electron chi connectivity index (χ0n) is 23.3. The highest BCUT2D eigenvalue weighted by Gasteiger charge is 2.09. The van der Waals surface area contributed by atoms with E-state index in [1.165, 1.54) is 135 Å². The predicted molar refractivity (Wildman–Crippen MR) is 147 cm³/mol. The van der Waals surface area contributed by atoms with Crippen LogP contribution in [0.15, 0.2) is 0 Å². The summed E-state index contributed by atoms with van der Waals surface area (Å²) in [6.45, 7) is 8.96. The van der Waals surface area contributed by atoms with Crippen LogP contribution in [-0.2, 0) is 4.74 Å². The van der Waals surface area contributed by atoms with Gasteiger partial charge in [-0.05, 0) is 38.3 Å². The molecular weight excluding hydrogens is 406 g/mol. The summed E-state index contributed by atoms with van der Waals surface area (Å²) in [4.78, 5) is 2.47. The van der Waals surface area contributed by atoms with Gasteiger partial charge in [-0.2, -0.15) is 0 Å². The molecule has 0 aromatic carbocycles. The largest absolute Gasteiger partial charge is 0.395 e. The van der Waals surface area contributed by atoms with Crippen LogP contribution < -0.4 is 0 Å². The average Bonchev–Trinajstić information content (AvgIpc) is 2.82. The summed E-state index contributed by atoms with van der Waals surface area (Å²) in [6.07, 6.45) is 29.1. The summed E-state index contributed by atoms with van der Waals surface area (Å²) in [7, 11) is 1.78. The first-order valence-electron chi connectivity index (χ1n) is 15.1. The van der Waals surface area contributed by atoms with Crippen LogP contribution in [0.2, 0.25) is 0 Å². The molecule has 0 heterocycles. The summed E-state index contributed by atoms with van der Waals surface area (Å²) in [6, 6.07) is 0. The maximum atomic E-state index is 9.37. The molecule has 0 aliphatic rings. The lowest BCUT2D eigenvalue weighted by atomic mass is 9.89. The summed E-state index contributed by atoms with van der Waals surface area (Å²) in [5.41, 5.74) is 0. The Morgan fingerprint density at radius 3 is 1.45 bits per heavy atom. The van der Waals surface area contributed by atoms with Crippen molar-refractivity contribution >= 4 is 0 Å². The molecule has 0 spiro atoms. The van der Waals surface area contributed by atoms with Crippen molar-refractivity contribution in [1.29, 1.82) is 0 Å². The fourth-order valence-electron chi connectivity index (χ4n) is 5.04. The molecule has 1 N–H and O–H groups in total. The number of ether oxygens (including phenoxy) is 1. The Morgan fingerprint density at radius 2 is 0.970 bits per heavy atom. The van der Waals surface area contributed by atoms with E-state index >= 15 is 0 Å². The lowest BCUT2D eigenvalue weighted by Gasteiger charge is -2.21. The topological polar surface area (TPSA) is 32.7 Å². The van der Waals surface area contributed by atoms with Crippen molar-refractivity contribution in [3.05, 3.63) is 0 Å². The Bertz CT molecular complexity index is 350. The van der Waals surface area contributed by atoms with Gasteiger partial charge in [0, 0.05) is 20.3 Å². The Kier molecular flexibility index (Phi) is 28.0. The van der Waals surface area contributed by atoms with Gasteiger partial charge >= 0.3 is 0 Å². The van der Waals surface area contributed by atoms with Crippen LogP contribution in [0, 0.1) is 5.92 Å². The van der Waals surface area contributed by atoms with Gasteiger partial charge in [0.25, 0.3) is 0 Å². The Hall–Kier alpha value is -0.120. The Balaban J connectivity index is 3.86. The van der Waals surface area contributed by atoms with Crippen molar-refractivity contribution in [2.45, 2.75) is 149 Å². The van der Waals surface area contributed by atoms with Gasteiger partial charge < -0.3 is 14.7 Å². The number of hydrogen-bond donors (Lipinski definition) is 1. The monoisotopic (exact) mass is 469 g/mol. The van der Waals surface area contributed by atoms with E-state index in [2.05, 4.69) is 18.7 Å². The lowest BCUT2D eigenvalue weighted by molar-refractivity contribution is 0.183. The maximum Gasteiger partial charge on any atom is 0.0558 e. The quantitative estimate of drug-likeness (QED) is 0.116. The number of hydrogen-bond acceptors (Lipinski definition) is 3. The van der Waals surface area contributed by atoms with Crippen LogP contribution in [0.3, 0.4) is 0 Å². The third-order valence-electron chi connectivity index (χ3n) is 7.26. The number of aliphatic hydroxyl groups excluding tert-OH is 1. The molecule has 3 heteroatoms. The number of methoxy groups -OCH3 is 1. The molecule has 0 aromatic rings. The van der Waals surface area contributed by atoms with E-state index in [-0.39, 0.29) is 0 Å². The number of unbranched alkanes of at least 4 members (excludes halogenated alkanes) is 14. The smallest absolute Gasteiger partial charge is 0.0558 e. The van der Waals surface area contributed by atoms with Gasteiger partial charge in [0.15, 0.2) is 0 Å². The van der Waals surface area contributed by atoms with Crippen molar-refractivity contribution in [2.75, 3.05) is 40.0 Å². The molecule has 3 nitrogen and oxygen atoms in total. The number of rotatable bonds is 28. The molecule has 0 fully saturated rings. The van der Waals surface area contributed by atoms with E-state index in [9.17, 15) is 5.11 Å². The molecule has 33 heavy (non-hydrogen) atoms.